The number of nitrogens with zero attached hydrogens (tertiary/aromatic N) is 1. The molecule has 0 fully saturated rings. The smallest absolute Gasteiger partial charge is 0.253 e. The Bertz CT molecular complexity index is 324. The number of hydrogen-bond acceptors (Lipinski definition) is 2. The van der Waals surface area contributed by atoms with Crippen molar-refractivity contribution in [3.63, 3.8) is 0 Å². The van der Waals surface area contributed by atoms with Crippen molar-refractivity contribution in [2.45, 2.75) is 6.54 Å². The van der Waals surface area contributed by atoms with Crippen LogP contribution in [0.5, 0.6) is 0 Å². The fourth-order valence-electron chi connectivity index (χ4n) is 1.10. The predicted molar refractivity (Wildman–Crippen MR) is 43.1 cm³/mol. The number of halogens is 1. The highest BCUT2D eigenvalue weighted by Gasteiger charge is 2.20. The van der Waals surface area contributed by atoms with Gasteiger partial charge in [0.1, 0.15) is 0 Å². The maximum Gasteiger partial charge on any atom is 0.253 e. The highest BCUT2D eigenvalue weighted by Crippen LogP contribution is 2.22. The standard InChI is InChI=1S/C7H5BrN2O/c8-6-3-9-1-5-4(6)2-10-7(5)11/h1,3H,2H2,(H,10,11). The average molecular weight is 213 g/mol. The second-order valence-corrected chi connectivity index (χ2v) is 3.18. The number of rotatable bonds is 0. The van der Waals surface area contributed by atoms with Gasteiger partial charge in [-0.3, -0.25) is 9.78 Å². The molecule has 0 aromatic carbocycles. The lowest BCUT2D eigenvalue weighted by Gasteiger charge is -1.95. The molecular weight excluding hydrogens is 208 g/mol. The Morgan fingerprint density at radius 3 is 3.09 bits per heavy atom. The van der Waals surface area contributed by atoms with Crippen molar-refractivity contribution in [2.24, 2.45) is 0 Å². The summed E-state index contributed by atoms with van der Waals surface area (Å²) in [6, 6.07) is 0. The van der Waals surface area contributed by atoms with Crippen molar-refractivity contribution < 1.29 is 4.79 Å². The minimum Gasteiger partial charge on any atom is -0.348 e. The molecule has 0 saturated carbocycles. The topological polar surface area (TPSA) is 42.0 Å². The van der Waals surface area contributed by atoms with E-state index in [1.165, 1.54) is 0 Å². The van der Waals surface area contributed by atoms with Gasteiger partial charge in [0.2, 0.25) is 0 Å². The summed E-state index contributed by atoms with van der Waals surface area (Å²) >= 11 is 3.32. The van der Waals surface area contributed by atoms with Crippen LogP contribution in [0.2, 0.25) is 0 Å². The SMILES string of the molecule is O=C1NCc2c(Br)cncc21. The molecule has 1 aromatic heterocycles. The maximum absolute atomic E-state index is 11.0. The molecule has 1 amide bonds. The number of amides is 1. The van der Waals surface area contributed by atoms with Gasteiger partial charge in [0.25, 0.3) is 5.91 Å². The zero-order valence-corrected chi connectivity index (χ0v) is 7.18. The Kier molecular flexibility index (Phi) is 1.42. The maximum atomic E-state index is 11.0. The monoisotopic (exact) mass is 212 g/mol. The fourth-order valence-corrected chi connectivity index (χ4v) is 1.57. The number of pyridine rings is 1. The van der Waals surface area contributed by atoms with Gasteiger partial charge in [0.15, 0.2) is 0 Å². The first kappa shape index (κ1) is 6.79. The Balaban J connectivity index is 2.66. The van der Waals surface area contributed by atoms with Crippen LogP contribution in [0.15, 0.2) is 16.9 Å². The molecule has 0 spiro atoms. The molecule has 1 N–H and O–H groups in total. The van der Waals surface area contributed by atoms with Crippen molar-refractivity contribution in [1.82, 2.24) is 10.3 Å². The minimum atomic E-state index is -0.0335. The quantitative estimate of drug-likeness (QED) is 0.700. The van der Waals surface area contributed by atoms with E-state index in [0.29, 0.717) is 12.1 Å². The van der Waals surface area contributed by atoms with Crippen molar-refractivity contribution in [2.75, 3.05) is 0 Å². The lowest BCUT2D eigenvalue weighted by Crippen LogP contribution is -2.12. The summed E-state index contributed by atoms with van der Waals surface area (Å²) in [5.41, 5.74) is 1.68. The molecule has 1 aliphatic heterocycles. The third-order valence-electron chi connectivity index (χ3n) is 1.68. The zero-order valence-electron chi connectivity index (χ0n) is 5.60. The first-order valence-electron chi connectivity index (χ1n) is 3.19. The zero-order chi connectivity index (χ0) is 7.84. The van der Waals surface area contributed by atoms with Crippen molar-refractivity contribution in [3.8, 4) is 0 Å². The van der Waals surface area contributed by atoms with Gasteiger partial charge in [-0.25, -0.2) is 0 Å². The highest BCUT2D eigenvalue weighted by molar-refractivity contribution is 9.10. The number of nitrogens with one attached hydrogen (secondary N) is 1. The van der Waals surface area contributed by atoms with E-state index in [-0.39, 0.29) is 5.91 Å². The normalized spacial score (nSPS) is 14.5. The van der Waals surface area contributed by atoms with Gasteiger partial charge in [0.05, 0.1) is 5.56 Å². The van der Waals surface area contributed by atoms with Gasteiger partial charge in [0, 0.05) is 29.0 Å². The van der Waals surface area contributed by atoms with E-state index in [0.717, 1.165) is 10.0 Å². The van der Waals surface area contributed by atoms with Crippen LogP contribution in [0.4, 0.5) is 0 Å². The van der Waals surface area contributed by atoms with Crippen LogP contribution < -0.4 is 5.32 Å². The summed E-state index contributed by atoms with van der Waals surface area (Å²) in [6.45, 7) is 0.608. The molecule has 56 valence electrons. The third kappa shape index (κ3) is 0.939. The lowest BCUT2D eigenvalue weighted by molar-refractivity contribution is 0.0965. The van der Waals surface area contributed by atoms with Crippen LogP contribution in [-0.2, 0) is 6.54 Å². The molecule has 2 heterocycles. The summed E-state index contributed by atoms with van der Waals surface area (Å²) in [6.07, 6.45) is 3.28. The van der Waals surface area contributed by atoms with E-state index >= 15 is 0 Å². The molecule has 0 bridgehead atoms. The Morgan fingerprint density at radius 2 is 2.36 bits per heavy atom. The van der Waals surface area contributed by atoms with Crippen molar-refractivity contribution in [3.05, 3.63) is 28.0 Å². The highest BCUT2D eigenvalue weighted by atomic mass is 79.9. The number of carbonyl (C=O) groups excluding carboxylic acids is 1. The van der Waals surface area contributed by atoms with Crippen molar-refractivity contribution >= 4 is 21.8 Å². The summed E-state index contributed by atoms with van der Waals surface area (Å²) < 4.78 is 0.897. The lowest BCUT2D eigenvalue weighted by atomic mass is 10.2. The predicted octanol–water partition coefficient (Wildman–Crippen LogP) is 1.09. The second-order valence-electron chi connectivity index (χ2n) is 2.33. The fraction of sp³-hybridized carbons (Fsp3) is 0.143. The summed E-state index contributed by atoms with van der Waals surface area (Å²) in [5, 5.41) is 2.72. The molecule has 4 heteroatoms. The van der Waals surface area contributed by atoms with E-state index in [1.54, 1.807) is 12.4 Å². The molecule has 1 aliphatic rings. The van der Waals surface area contributed by atoms with Crippen LogP contribution in [0, 0.1) is 0 Å². The first-order chi connectivity index (χ1) is 5.29. The second kappa shape index (κ2) is 2.30. The van der Waals surface area contributed by atoms with E-state index in [9.17, 15) is 4.79 Å². The molecule has 2 rings (SSSR count). The van der Waals surface area contributed by atoms with Gasteiger partial charge in [-0.05, 0) is 15.9 Å². The van der Waals surface area contributed by atoms with E-state index in [2.05, 4.69) is 26.2 Å². The Labute approximate surface area is 72.0 Å². The van der Waals surface area contributed by atoms with Gasteiger partial charge < -0.3 is 5.32 Å². The van der Waals surface area contributed by atoms with E-state index in [4.69, 9.17) is 0 Å². The summed E-state index contributed by atoms with van der Waals surface area (Å²) in [7, 11) is 0. The summed E-state index contributed by atoms with van der Waals surface area (Å²) in [4.78, 5) is 14.9. The Hall–Kier alpha value is -0.900. The van der Waals surface area contributed by atoms with Gasteiger partial charge in [-0.2, -0.15) is 0 Å². The molecule has 11 heavy (non-hydrogen) atoms. The number of aromatic nitrogens is 1. The first-order valence-corrected chi connectivity index (χ1v) is 3.99. The molecule has 0 saturated heterocycles. The van der Waals surface area contributed by atoms with Crippen molar-refractivity contribution in [1.29, 1.82) is 0 Å². The molecular formula is C7H5BrN2O. The molecule has 0 atom stereocenters. The number of carbonyl (C=O) groups is 1. The third-order valence-corrected chi connectivity index (χ3v) is 2.36. The molecule has 0 radical (unpaired) electrons. The average Bonchev–Trinajstić information content (AvgIpc) is 2.35. The molecule has 1 aromatic rings. The summed E-state index contributed by atoms with van der Waals surface area (Å²) in [5.74, 6) is -0.0335. The van der Waals surface area contributed by atoms with Crippen LogP contribution in [0.25, 0.3) is 0 Å². The van der Waals surface area contributed by atoms with Crippen LogP contribution in [0.3, 0.4) is 0 Å². The Morgan fingerprint density at radius 1 is 1.55 bits per heavy atom. The molecule has 0 unspecified atom stereocenters. The number of fused-ring (bicyclic) bond motifs is 1. The number of hydrogen-bond donors (Lipinski definition) is 1. The largest absolute Gasteiger partial charge is 0.348 e. The minimum absolute atomic E-state index is 0.0335. The van der Waals surface area contributed by atoms with Gasteiger partial charge in [-0.1, -0.05) is 0 Å². The van der Waals surface area contributed by atoms with Crippen LogP contribution >= 0.6 is 15.9 Å². The molecule has 0 aliphatic carbocycles. The van der Waals surface area contributed by atoms with E-state index in [1.807, 2.05) is 0 Å². The van der Waals surface area contributed by atoms with Gasteiger partial charge in [-0.15, -0.1) is 0 Å². The van der Waals surface area contributed by atoms with E-state index < -0.39 is 0 Å². The van der Waals surface area contributed by atoms with Crippen LogP contribution in [0.1, 0.15) is 15.9 Å². The van der Waals surface area contributed by atoms with Gasteiger partial charge >= 0.3 is 0 Å². The molecule has 3 nitrogen and oxygen atoms in total. The van der Waals surface area contributed by atoms with Crippen LogP contribution in [-0.4, -0.2) is 10.9 Å².